The summed E-state index contributed by atoms with van der Waals surface area (Å²) < 4.78 is 1.90. The second kappa shape index (κ2) is 5.70. The van der Waals surface area contributed by atoms with Gasteiger partial charge >= 0.3 is 0 Å². The number of aliphatic hydroxyl groups is 2. The van der Waals surface area contributed by atoms with Crippen molar-refractivity contribution >= 4 is 37.5 Å². The van der Waals surface area contributed by atoms with E-state index in [0.29, 0.717) is 6.54 Å². The molecule has 1 aromatic carbocycles. The summed E-state index contributed by atoms with van der Waals surface area (Å²) >= 11 is 6.73. The van der Waals surface area contributed by atoms with Crippen molar-refractivity contribution in [1.82, 2.24) is 0 Å². The van der Waals surface area contributed by atoms with E-state index in [9.17, 15) is 0 Å². The highest BCUT2D eigenvalue weighted by Gasteiger charge is 2.03. The van der Waals surface area contributed by atoms with Gasteiger partial charge in [0.05, 0.1) is 12.7 Å². The summed E-state index contributed by atoms with van der Waals surface area (Å²) in [5, 5.41) is 20.8. The van der Waals surface area contributed by atoms with Gasteiger partial charge in [-0.1, -0.05) is 15.9 Å². The predicted molar refractivity (Wildman–Crippen MR) is 63.4 cm³/mol. The molecule has 0 spiro atoms. The van der Waals surface area contributed by atoms with Crippen molar-refractivity contribution < 1.29 is 10.2 Å². The number of hydrogen-bond donors (Lipinski definition) is 3. The van der Waals surface area contributed by atoms with Gasteiger partial charge in [0.1, 0.15) is 0 Å². The molecule has 0 amide bonds. The van der Waals surface area contributed by atoms with Crippen molar-refractivity contribution in [2.24, 2.45) is 0 Å². The largest absolute Gasteiger partial charge is 0.394 e. The maximum absolute atomic E-state index is 9.13. The molecule has 3 nitrogen and oxygen atoms in total. The third-order valence-electron chi connectivity index (χ3n) is 1.67. The molecule has 0 aliphatic heterocycles. The van der Waals surface area contributed by atoms with Crippen LogP contribution in [0.4, 0.5) is 5.69 Å². The molecule has 78 valence electrons. The Labute approximate surface area is 99.4 Å². The normalized spacial score (nSPS) is 12.6. The Morgan fingerprint density at radius 3 is 2.64 bits per heavy atom. The van der Waals surface area contributed by atoms with E-state index in [-0.39, 0.29) is 6.61 Å². The second-order valence-electron chi connectivity index (χ2n) is 2.84. The van der Waals surface area contributed by atoms with E-state index in [4.69, 9.17) is 10.2 Å². The van der Waals surface area contributed by atoms with Gasteiger partial charge in [-0.2, -0.15) is 0 Å². The quantitative estimate of drug-likeness (QED) is 0.793. The maximum Gasteiger partial charge on any atom is 0.0942 e. The molecule has 0 fully saturated rings. The van der Waals surface area contributed by atoms with Gasteiger partial charge in [0, 0.05) is 21.2 Å². The summed E-state index contributed by atoms with van der Waals surface area (Å²) in [5.74, 6) is 0. The molecule has 0 aromatic heterocycles. The Morgan fingerprint density at radius 1 is 1.36 bits per heavy atom. The summed E-state index contributed by atoms with van der Waals surface area (Å²) in [6, 6.07) is 5.70. The fraction of sp³-hybridized carbons (Fsp3) is 0.333. The standard InChI is InChI=1S/C9H11Br2NO2/c10-6-1-2-9(8(11)3-6)12-4-7(14)5-13/h1-3,7,12-14H,4-5H2. The summed E-state index contributed by atoms with van der Waals surface area (Å²) in [7, 11) is 0. The van der Waals surface area contributed by atoms with Gasteiger partial charge in [-0.15, -0.1) is 0 Å². The van der Waals surface area contributed by atoms with Crippen LogP contribution in [0.2, 0.25) is 0 Å². The van der Waals surface area contributed by atoms with Gasteiger partial charge in [0.2, 0.25) is 0 Å². The van der Waals surface area contributed by atoms with Gasteiger partial charge in [0.25, 0.3) is 0 Å². The molecule has 14 heavy (non-hydrogen) atoms. The average Bonchev–Trinajstić information content (AvgIpc) is 2.16. The summed E-state index contributed by atoms with van der Waals surface area (Å²) in [6.07, 6.45) is -0.731. The zero-order chi connectivity index (χ0) is 10.6. The number of benzene rings is 1. The third kappa shape index (κ3) is 3.57. The lowest BCUT2D eigenvalue weighted by Crippen LogP contribution is -2.23. The average molecular weight is 325 g/mol. The molecular weight excluding hydrogens is 314 g/mol. The molecule has 0 radical (unpaired) electrons. The smallest absolute Gasteiger partial charge is 0.0942 e. The first-order chi connectivity index (χ1) is 6.63. The monoisotopic (exact) mass is 323 g/mol. The van der Waals surface area contributed by atoms with E-state index in [1.165, 1.54) is 0 Å². The van der Waals surface area contributed by atoms with E-state index in [2.05, 4.69) is 37.2 Å². The highest BCUT2D eigenvalue weighted by atomic mass is 79.9. The minimum atomic E-state index is -0.731. The van der Waals surface area contributed by atoms with Crippen LogP contribution in [0.5, 0.6) is 0 Å². The van der Waals surface area contributed by atoms with Crippen LogP contribution in [0, 0.1) is 0 Å². The number of rotatable bonds is 4. The molecular formula is C9H11Br2NO2. The van der Waals surface area contributed by atoms with Crippen LogP contribution < -0.4 is 5.32 Å². The molecule has 0 saturated heterocycles. The predicted octanol–water partition coefficient (Wildman–Crippen LogP) is 1.98. The SMILES string of the molecule is OCC(O)CNc1ccc(Br)cc1Br. The lowest BCUT2D eigenvalue weighted by atomic mass is 10.3. The Kier molecular flexibility index (Phi) is 4.88. The minimum Gasteiger partial charge on any atom is -0.394 e. The summed E-state index contributed by atoms with van der Waals surface area (Å²) in [6.45, 7) is 0.0951. The highest BCUT2D eigenvalue weighted by molar-refractivity contribution is 9.11. The van der Waals surface area contributed by atoms with Gasteiger partial charge in [-0.3, -0.25) is 0 Å². The number of halogens is 2. The van der Waals surface area contributed by atoms with Gasteiger partial charge in [-0.25, -0.2) is 0 Å². The van der Waals surface area contributed by atoms with Crippen molar-refractivity contribution in [3.63, 3.8) is 0 Å². The van der Waals surface area contributed by atoms with Crippen LogP contribution in [-0.2, 0) is 0 Å². The fourth-order valence-electron chi connectivity index (χ4n) is 0.925. The summed E-state index contributed by atoms with van der Waals surface area (Å²) in [5.41, 5.74) is 0.890. The van der Waals surface area contributed by atoms with E-state index in [0.717, 1.165) is 14.6 Å². The number of anilines is 1. The van der Waals surface area contributed by atoms with Crippen LogP contribution in [0.15, 0.2) is 27.1 Å². The fourth-order valence-corrected chi connectivity index (χ4v) is 2.11. The molecule has 3 N–H and O–H groups in total. The third-order valence-corrected chi connectivity index (χ3v) is 2.82. The Balaban J connectivity index is 2.59. The highest BCUT2D eigenvalue weighted by Crippen LogP contribution is 2.25. The van der Waals surface area contributed by atoms with E-state index in [1.807, 2.05) is 18.2 Å². The molecule has 1 unspecified atom stereocenters. The molecule has 0 bridgehead atoms. The Hall–Kier alpha value is -0.100. The lowest BCUT2D eigenvalue weighted by Gasteiger charge is -2.11. The van der Waals surface area contributed by atoms with Gasteiger partial charge in [-0.05, 0) is 34.1 Å². The van der Waals surface area contributed by atoms with Crippen molar-refractivity contribution in [2.45, 2.75) is 6.10 Å². The topological polar surface area (TPSA) is 52.5 Å². The first-order valence-electron chi connectivity index (χ1n) is 4.11. The van der Waals surface area contributed by atoms with Gasteiger partial charge < -0.3 is 15.5 Å². The Morgan fingerprint density at radius 2 is 2.07 bits per heavy atom. The second-order valence-corrected chi connectivity index (χ2v) is 4.61. The van der Waals surface area contributed by atoms with Crippen LogP contribution in [0.25, 0.3) is 0 Å². The minimum absolute atomic E-state index is 0.235. The van der Waals surface area contributed by atoms with Crippen molar-refractivity contribution in [3.05, 3.63) is 27.1 Å². The molecule has 0 saturated carbocycles. The molecule has 1 rings (SSSR count). The zero-order valence-corrected chi connectivity index (χ0v) is 10.5. The van der Waals surface area contributed by atoms with Crippen LogP contribution >= 0.6 is 31.9 Å². The van der Waals surface area contributed by atoms with Gasteiger partial charge in [0.15, 0.2) is 0 Å². The maximum atomic E-state index is 9.13. The first kappa shape index (κ1) is 12.0. The lowest BCUT2D eigenvalue weighted by molar-refractivity contribution is 0.105. The van der Waals surface area contributed by atoms with Crippen LogP contribution in [0.3, 0.4) is 0 Å². The summed E-state index contributed by atoms with van der Waals surface area (Å²) in [4.78, 5) is 0. The Bertz CT molecular complexity index is 307. The first-order valence-corrected chi connectivity index (χ1v) is 5.70. The van der Waals surface area contributed by atoms with Crippen LogP contribution in [-0.4, -0.2) is 29.5 Å². The van der Waals surface area contributed by atoms with Crippen LogP contribution in [0.1, 0.15) is 0 Å². The number of hydrogen-bond acceptors (Lipinski definition) is 3. The molecule has 0 heterocycles. The van der Waals surface area contributed by atoms with E-state index >= 15 is 0 Å². The molecule has 0 aliphatic rings. The van der Waals surface area contributed by atoms with Crippen molar-refractivity contribution in [1.29, 1.82) is 0 Å². The van der Waals surface area contributed by atoms with E-state index in [1.54, 1.807) is 0 Å². The molecule has 1 aromatic rings. The van der Waals surface area contributed by atoms with Crippen molar-refractivity contribution in [3.8, 4) is 0 Å². The molecule has 1 atom stereocenters. The zero-order valence-electron chi connectivity index (χ0n) is 7.37. The number of nitrogens with one attached hydrogen (secondary N) is 1. The van der Waals surface area contributed by atoms with Crippen molar-refractivity contribution in [2.75, 3.05) is 18.5 Å². The number of aliphatic hydroxyl groups excluding tert-OH is 2. The molecule has 0 aliphatic carbocycles. The molecule has 5 heteroatoms. The van der Waals surface area contributed by atoms with E-state index < -0.39 is 6.10 Å².